The van der Waals surface area contributed by atoms with Crippen LogP contribution in [0, 0.1) is 20.8 Å². The molecule has 2 aromatic rings. The van der Waals surface area contributed by atoms with Gasteiger partial charge in [-0.05, 0) is 0 Å². The van der Waals surface area contributed by atoms with Gasteiger partial charge in [0, 0.05) is 0 Å². The van der Waals surface area contributed by atoms with Gasteiger partial charge in [0.05, 0.1) is 0 Å². The molecule has 0 aromatic heterocycles. The number of hydrogen-bond donors (Lipinski definition) is 0. The predicted octanol–water partition coefficient (Wildman–Crippen LogP) is 5.91. The van der Waals surface area contributed by atoms with E-state index < -0.39 is 0 Å². The van der Waals surface area contributed by atoms with Crippen LogP contribution in [0.4, 0.5) is 5.69 Å². The van der Waals surface area contributed by atoms with Crippen molar-refractivity contribution in [1.29, 1.82) is 0 Å². The third-order valence-electron chi connectivity index (χ3n) is 6.10. The van der Waals surface area contributed by atoms with E-state index in [-0.39, 0.29) is 15.0 Å². The zero-order valence-corrected chi connectivity index (χ0v) is 22.4. The Morgan fingerprint density at radius 2 is 1.39 bits per heavy atom. The number of hydrogen-bond acceptors (Lipinski definition) is 1. The molecule has 0 amide bonds. The average molecular weight is 501 g/mol. The van der Waals surface area contributed by atoms with Gasteiger partial charge >= 0.3 is 206 Å². The molecule has 4 rings (SSSR count). The quantitative estimate of drug-likeness (QED) is 0.375. The number of aryl methyl sites for hydroxylation is 3. The van der Waals surface area contributed by atoms with Gasteiger partial charge in [-0.25, -0.2) is 0 Å². The van der Waals surface area contributed by atoms with Crippen LogP contribution in [0.5, 0.6) is 0 Å². The van der Waals surface area contributed by atoms with Crippen LogP contribution >= 0.6 is 0 Å². The van der Waals surface area contributed by atoms with Crippen molar-refractivity contribution in [1.82, 2.24) is 0 Å². The summed E-state index contributed by atoms with van der Waals surface area (Å²) in [4.78, 5) is 2.15. The Morgan fingerprint density at radius 1 is 0.788 bits per heavy atom. The topological polar surface area (TPSA) is 6.25 Å². The van der Waals surface area contributed by atoms with E-state index in [1.165, 1.54) is 59.3 Å². The molecule has 33 heavy (non-hydrogen) atoms. The molecule has 0 unspecified atom stereocenters. The molecule has 0 radical (unpaired) electrons. The normalized spacial score (nSPS) is 15.5. The summed E-state index contributed by atoms with van der Waals surface area (Å²) in [5.74, 6) is 0. The zero-order chi connectivity index (χ0) is 23.7. The molecule has 0 fully saturated rings. The van der Waals surface area contributed by atoms with Gasteiger partial charge in [0.1, 0.15) is 0 Å². The van der Waals surface area contributed by atoms with Gasteiger partial charge in [0.25, 0.3) is 0 Å². The fourth-order valence-electron chi connectivity index (χ4n) is 4.41. The molecule has 2 aromatic carbocycles. The van der Waals surface area contributed by atoms with Crippen molar-refractivity contribution in [3.05, 3.63) is 111 Å². The van der Waals surface area contributed by atoms with Crippen LogP contribution in [-0.4, -0.2) is 53.4 Å². The van der Waals surface area contributed by atoms with Crippen LogP contribution in [0.1, 0.15) is 27.8 Å². The Kier molecular flexibility index (Phi) is 6.74. The summed E-state index contributed by atoms with van der Waals surface area (Å²) in [5.41, 5.74) is 11.8. The Morgan fingerprint density at radius 3 is 1.94 bits per heavy atom. The Balaban J connectivity index is 1.85. The molecule has 1 aliphatic heterocycles. The van der Waals surface area contributed by atoms with Gasteiger partial charge in [-0.3, -0.25) is 0 Å². The second-order valence-corrected chi connectivity index (χ2v) is 11.5. The van der Waals surface area contributed by atoms with E-state index in [0.717, 1.165) is 0 Å². The average Bonchev–Trinajstić information content (AvgIpc) is 2.78. The van der Waals surface area contributed by atoms with Gasteiger partial charge < -0.3 is 0 Å². The van der Waals surface area contributed by atoms with Crippen molar-refractivity contribution in [3.8, 4) is 0 Å². The summed E-state index contributed by atoms with van der Waals surface area (Å²) in [6.07, 6.45) is 13.8. The third kappa shape index (κ3) is 5.05. The molecule has 0 atom stereocenters. The van der Waals surface area contributed by atoms with Crippen LogP contribution in [-0.2, 0) is 0 Å². The number of rotatable bonds is 3. The van der Waals surface area contributed by atoms with Gasteiger partial charge in [0.15, 0.2) is 0 Å². The van der Waals surface area contributed by atoms with Crippen molar-refractivity contribution in [2.24, 2.45) is 0 Å². The van der Waals surface area contributed by atoms with E-state index in [2.05, 4.69) is 131 Å². The van der Waals surface area contributed by atoms with Crippen LogP contribution in [0.25, 0.3) is 10.0 Å². The van der Waals surface area contributed by atoms with Crippen molar-refractivity contribution in [2.75, 3.05) is 33.1 Å². The molecule has 168 valence electrons. The van der Waals surface area contributed by atoms with Gasteiger partial charge in [0.2, 0.25) is 0 Å². The number of benzene rings is 2. The van der Waals surface area contributed by atoms with E-state index in [9.17, 15) is 0 Å². The van der Waals surface area contributed by atoms with Crippen molar-refractivity contribution in [3.63, 3.8) is 0 Å². The molecule has 0 saturated carbocycles. The monoisotopic (exact) mass is 501 g/mol. The minimum absolute atomic E-state index is 0.231. The predicted molar refractivity (Wildman–Crippen MR) is 146 cm³/mol. The number of allylic oxidation sites excluding steroid dienone is 9. The molecule has 0 bridgehead atoms. The number of nitrogens with zero attached hydrogens (tertiary/aromatic N) is 2. The van der Waals surface area contributed by atoms with Crippen LogP contribution < -0.4 is 4.90 Å². The van der Waals surface area contributed by atoms with E-state index >= 15 is 0 Å². The first kappa shape index (κ1) is 23.3. The van der Waals surface area contributed by atoms with E-state index in [1.54, 1.807) is 0 Å². The Labute approximate surface area is 205 Å². The minimum atomic E-state index is 0.231. The van der Waals surface area contributed by atoms with Crippen LogP contribution in [0.2, 0.25) is 0 Å². The Hall–Kier alpha value is -2.87. The fourth-order valence-corrected chi connectivity index (χ4v) is 6.76. The second kappa shape index (κ2) is 9.55. The van der Waals surface area contributed by atoms with Crippen molar-refractivity contribution < 1.29 is 4.58 Å². The molecule has 0 saturated heterocycles. The van der Waals surface area contributed by atoms with E-state index in [1.807, 2.05) is 0 Å². The molecule has 3 heteroatoms. The first-order valence-electron chi connectivity index (χ1n) is 11.3. The standard InChI is InChI=1S/C30H33N2Se/c1-20-16-21(2)30(22(3)17-20)25-18-28(23-8-12-26(13-9-23)31(4)5)33-29(19-25)24-10-14-27(15-11-24)32(6)7/h8-19H,1-7H3/q+1. The molecule has 2 aliphatic rings. The maximum atomic E-state index is 2.42. The summed E-state index contributed by atoms with van der Waals surface area (Å²) in [7, 11) is 8.36. The molecule has 1 aliphatic carbocycles. The SMILES string of the molecule is Cc1cc(C)c(C2=CC(=C3C=CC(=[N+](C)C)C=C3)[Se]C(c3ccc(N(C)C)cc3)=C2)c(C)c1. The molecular formula is C30H33N2Se+. The van der Waals surface area contributed by atoms with Gasteiger partial charge in [-0.1, -0.05) is 0 Å². The number of anilines is 1. The summed E-state index contributed by atoms with van der Waals surface area (Å²) in [5, 5.41) is 0. The summed E-state index contributed by atoms with van der Waals surface area (Å²) < 4.78 is 5.01. The third-order valence-corrected chi connectivity index (χ3v) is 8.50. The first-order chi connectivity index (χ1) is 15.7. The van der Waals surface area contributed by atoms with E-state index in [0.29, 0.717) is 0 Å². The summed E-state index contributed by atoms with van der Waals surface area (Å²) in [6, 6.07) is 13.6. The van der Waals surface area contributed by atoms with Crippen molar-refractivity contribution in [2.45, 2.75) is 20.8 Å². The second-order valence-electron chi connectivity index (χ2n) is 9.23. The molecular weight excluding hydrogens is 467 g/mol. The molecule has 1 heterocycles. The molecule has 2 nitrogen and oxygen atoms in total. The van der Waals surface area contributed by atoms with E-state index in [4.69, 9.17) is 0 Å². The Bertz CT molecular complexity index is 1230. The first-order valence-corrected chi connectivity index (χ1v) is 13.1. The fraction of sp³-hybridized carbons (Fsp3) is 0.233. The molecule has 0 spiro atoms. The zero-order valence-electron chi connectivity index (χ0n) is 20.7. The van der Waals surface area contributed by atoms with Crippen LogP contribution in [0.3, 0.4) is 0 Å². The van der Waals surface area contributed by atoms with Gasteiger partial charge in [-0.2, -0.15) is 0 Å². The molecule has 0 N–H and O–H groups in total. The van der Waals surface area contributed by atoms with Crippen LogP contribution in [0.15, 0.2) is 82.9 Å². The maximum absolute atomic E-state index is 2.42. The summed E-state index contributed by atoms with van der Waals surface area (Å²) in [6.45, 7) is 6.65. The summed E-state index contributed by atoms with van der Waals surface area (Å²) >= 11 is 0.231. The van der Waals surface area contributed by atoms with Gasteiger partial charge in [-0.15, -0.1) is 0 Å². The van der Waals surface area contributed by atoms with Crippen molar-refractivity contribution >= 4 is 36.4 Å².